The van der Waals surface area contributed by atoms with Gasteiger partial charge in [0.05, 0.1) is 29.5 Å². The van der Waals surface area contributed by atoms with Crippen molar-refractivity contribution in [2.45, 2.75) is 19.1 Å². The monoisotopic (exact) mass is 585 g/mol. The number of hydrogen-bond donors (Lipinski definition) is 2. The van der Waals surface area contributed by atoms with E-state index in [0.717, 1.165) is 16.1 Å². The fourth-order valence-electron chi connectivity index (χ4n) is 3.20. The third-order valence-electron chi connectivity index (χ3n) is 4.99. The number of nitrogens with one attached hydrogen (secondary N) is 2. The van der Waals surface area contributed by atoms with E-state index in [-0.39, 0.29) is 38.3 Å². The number of aromatic nitrogens is 5. The number of rotatable bonds is 6. The van der Waals surface area contributed by atoms with E-state index in [2.05, 4.69) is 36.4 Å². The Balaban J connectivity index is 1.79. The molecule has 36 heavy (non-hydrogen) atoms. The number of alkyl halides is 3. The summed E-state index contributed by atoms with van der Waals surface area (Å²) >= 11 is 9.50. The number of nitrogens with zero attached hydrogens (tertiary/aromatic N) is 5. The van der Waals surface area contributed by atoms with Gasteiger partial charge in [-0.15, -0.1) is 5.10 Å². The van der Waals surface area contributed by atoms with Crippen molar-refractivity contribution in [2.75, 3.05) is 12.4 Å². The van der Waals surface area contributed by atoms with E-state index in [1.807, 2.05) is 5.32 Å². The molecule has 2 amide bonds. The number of carbonyl (C=O) groups is 2. The molecule has 0 aromatic carbocycles. The molecule has 188 valence electrons. The van der Waals surface area contributed by atoms with Crippen LogP contribution in [0.2, 0.25) is 5.02 Å². The molecule has 4 aromatic rings. The SMILES string of the molecule is COc1cc(C(=O)Nc2c(Br)cc3ccnn3c2C(=O)NC(C)C(F)(F)F)n(-c2ncccc2Cl)n1. The highest BCUT2D eigenvalue weighted by atomic mass is 79.9. The molecule has 0 aliphatic rings. The highest BCUT2D eigenvalue weighted by molar-refractivity contribution is 9.10. The normalized spacial score (nSPS) is 12.4. The van der Waals surface area contributed by atoms with Crippen LogP contribution in [0, 0.1) is 0 Å². The maximum Gasteiger partial charge on any atom is 0.408 e. The van der Waals surface area contributed by atoms with Gasteiger partial charge in [-0.25, -0.2) is 14.2 Å². The molecule has 1 atom stereocenters. The third-order valence-corrected chi connectivity index (χ3v) is 5.92. The van der Waals surface area contributed by atoms with Crippen molar-refractivity contribution in [3.63, 3.8) is 0 Å². The van der Waals surface area contributed by atoms with Crippen LogP contribution in [0.1, 0.15) is 27.9 Å². The number of ether oxygens (including phenoxy) is 1. The van der Waals surface area contributed by atoms with Crippen LogP contribution in [0.4, 0.5) is 18.9 Å². The molecule has 0 radical (unpaired) electrons. The molecule has 4 heterocycles. The summed E-state index contributed by atoms with van der Waals surface area (Å²) in [6.07, 6.45) is -1.87. The number of carbonyl (C=O) groups excluding carboxylic acids is 2. The first-order valence-corrected chi connectivity index (χ1v) is 11.3. The summed E-state index contributed by atoms with van der Waals surface area (Å²) in [6.45, 7) is 0.801. The summed E-state index contributed by atoms with van der Waals surface area (Å²) in [4.78, 5) is 30.5. The molecule has 10 nitrogen and oxygen atoms in total. The summed E-state index contributed by atoms with van der Waals surface area (Å²) < 4.78 is 46.9. The topological polar surface area (TPSA) is 115 Å². The molecular weight excluding hydrogens is 571 g/mol. The van der Waals surface area contributed by atoms with Gasteiger partial charge in [0, 0.05) is 16.7 Å². The van der Waals surface area contributed by atoms with Crippen molar-refractivity contribution in [2.24, 2.45) is 0 Å². The van der Waals surface area contributed by atoms with Gasteiger partial charge in [-0.3, -0.25) is 9.59 Å². The maximum absolute atomic E-state index is 13.4. The number of fused-ring (bicyclic) bond motifs is 1. The number of hydrogen-bond acceptors (Lipinski definition) is 6. The summed E-state index contributed by atoms with van der Waals surface area (Å²) in [6, 6.07) is 5.38. The van der Waals surface area contributed by atoms with Crippen LogP contribution in [-0.4, -0.2) is 55.5 Å². The Kier molecular flexibility index (Phi) is 6.91. The number of methoxy groups -OCH3 is 1. The smallest absolute Gasteiger partial charge is 0.408 e. The summed E-state index contributed by atoms with van der Waals surface area (Å²) in [5.41, 5.74) is -0.128. The molecular formula is C21H16BrClF3N7O3. The van der Waals surface area contributed by atoms with E-state index in [1.54, 1.807) is 24.3 Å². The number of anilines is 1. The second-order valence-electron chi connectivity index (χ2n) is 7.37. The zero-order chi connectivity index (χ0) is 26.2. The molecule has 0 aliphatic carbocycles. The van der Waals surface area contributed by atoms with Gasteiger partial charge in [-0.2, -0.15) is 18.3 Å². The second-order valence-corrected chi connectivity index (χ2v) is 8.63. The first-order valence-electron chi connectivity index (χ1n) is 10.1. The van der Waals surface area contributed by atoms with Gasteiger partial charge in [0.2, 0.25) is 5.88 Å². The lowest BCUT2D eigenvalue weighted by Crippen LogP contribution is -2.44. The van der Waals surface area contributed by atoms with Crippen molar-refractivity contribution in [1.82, 2.24) is 29.7 Å². The summed E-state index contributed by atoms with van der Waals surface area (Å²) in [5.74, 6) is -1.69. The molecule has 2 N–H and O–H groups in total. The fourth-order valence-corrected chi connectivity index (χ4v) is 3.92. The Hall–Kier alpha value is -3.65. The lowest BCUT2D eigenvalue weighted by molar-refractivity contribution is -0.149. The van der Waals surface area contributed by atoms with E-state index in [4.69, 9.17) is 16.3 Å². The molecule has 0 fully saturated rings. The van der Waals surface area contributed by atoms with Crippen LogP contribution in [0.25, 0.3) is 11.3 Å². The number of halogens is 5. The van der Waals surface area contributed by atoms with E-state index >= 15 is 0 Å². The predicted octanol–water partition coefficient (Wildman–Crippen LogP) is 4.27. The molecule has 1 unspecified atom stereocenters. The van der Waals surface area contributed by atoms with Crippen LogP contribution in [0.15, 0.2) is 47.2 Å². The first-order chi connectivity index (χ1) is 17.0. The van der Waals surface area contributed by atoms with Crippen LogP contribution >= 0.6 is 27.5 Å². The van der Waals surface area contributed by atoms with Crippen LogP contribution < -0.4 is 15.4 Å². The minimum Gasteiger partial charge on any atom is -0.480 e. The Labute approximate surface area is 214 Å². The van der Waals surface area contributed by atoms with Gasteiger partial charge in [0.25, 0.3) is 11.8 Å². The van der Waals surface area contributed by atoms with Gasteiger partial charge in [0.1, 0.15) is 11.7 Å². The average Bonchev–Trinajstić information content (AvgIpc) is 3.45. The van der Waals surface area contributed by atoms with E-state index in [9.17, 15) is 22.8 Å². The third kappa shape index (κ3) is 4.86. The average molecular weight is 587 g/mol. The Morgan fingerprint density at radius 2 is 1.94 bits per heavy atom. The van der Waals surface area contributed by atoms with Crippen LogP contribution in [0.3, 0.4) is 0 Å². The molecule has 0 bridgehead atoms. The number of pyridine rings is 2. The van der Waals surface area contributed by atoms with Gasteiger partial charge < -0.3 is 15.4 Å². The molecule has 15 heteroatoms. The minimum atomic E-state index is -4.68. The predicted molar refractivity (Wildman–Crippen MR) is 127 cm³/mol. The lowest BCUT2D eigenvalue weighted by atomic mass is 10.2. The van der Waals surface area contributed by atoms with Gasteiger partial charge >= 0.3 is 6.18 Å². The van der Waals surface area contributed by atoms with Crippen molar-refractivity contribution in [3.8, 4) is 11.7 Å². The highest BCUT2D eigenvalue weighted by Gasteiger charge is 2.38. The van der Waals surface area contributed by atoms with E-state index in [1.165, 1.54) is 25.6 Å². The zero-order valence-corrected chi connectivity index (χ0v) is 20.8. The molecule has 4 aromatic heterocycles. The van der Waals surface area contributed by atoms with Crippen molar-refractivity contribution < 1.29 is 27.5 Å². The molecule has 0 spiro atoms. The van der Waals surface area contributed by atoms with Gasteiger partial charge in [-0.1, -0.05) is 11.6 Å². The van der Waals surface area contributed by atoms with Crippen molar-refractivity contribution in [3.05, 3.63) is 63.6 Å². The number of amides is 2. The molecule has 0 saturated heterocycles. The lowest BCUT2D eigenvalue weighted by Gasteiger charge is -2.19. The Morgan fingerprint density at radius 1 is 1.19 bits per heavy atom. The zero-order valence-electron chi connectivity index (χ0n) is 18.5. The first kappa shape index (κ1) is 25.4. The minimum absolute atomic E-state index is 0.0698. The fraction of sp³-hybridized carbons (Fsp3) is 0.190. The molecule has 0 saturated carbocycles. The van der Waals surface area contributed by atoms with Crippen molar-refractivity contribution in [1.29, 1.82) is 0 Å². The second kappa shape index (κ2) is 9.78. The Bertz CT molecular complexity index is 1470. The van der Waals surface area contributed by atoms with Gasteiger partial charge in [0.15, 0.2) is 11.5 Å². The molecule has 4 rings (SSSR count). The van der Waals surface area contributed by atoms with Gasteiger partial charge in [-0.05, 0) is 47.1 Å². The largest absolute Gasteiger partial charge is 0.480 e. The van der Waals surface area contributed by atoms with Crippen LogP contribution in [0.5, 0.6) is 5.88 Å². The highest BCUT2D eigenvalue weighted by Crippen LogP contribution is 2.31. The quantitative estimate of drug-likeness (QED) is 0.349. The molecule has 0 aliphatic heterocycles. The standard InChI is InChI=1S/C21H16BrClF3N7O3/c1-10(21(24,25)26)29-20(35)17-16(12(22)8-11-5-7-28-32(11)17)30-19(34)14-9-15(36-2)31-33(14)18-13(23)4-3-6-27-18/h3-10H,1-2H3,(H,29,35)(H,30,34). The maximum atomic E-state index is 13.4. The summed E-state index contributed by atoms with van der Waals surface area (Å²) in [5, 5.41) is 12.8. The van der Waals surface area contributed by atoms with E-state index in [0.29, 0.717) is 5.52 Å². The van der Waals surface area contributed by atoms with Crippen LogP contribution in [-0.2, 0) is 0 Å². The summed E-state index contributed by atoms with van der Waals surface area (Å²) in [7, 11) is 1.35. The van der Waals surface area contributed by atoms with E-state index < -0.39 is 24.0 Å². The van der Waals surface area contributed by atoms with Crippen molar-refractivity contribution >= 4 is 50.5 Å². The Morgan fingerprint density at radius 3 is 2.61 bits per heavy atom.